The van der Waals surface area contributed by atoms with Crippen molar-refractivity contribution < 1.29 is 19.1 Å². The lowest BCUT2D eigenvalue weighted by molar-refractivity contribution is -0.133. The summed E-state index contributed by atoms with van der Waals surface area (Å²) in [6.07, 6.45) is 3.18. The topological polar surface area (TPSA) is 77.3 Å². The molecule has 0 radical (unpaired) electrons. The number of benzene rings is 1. The first-order valence-corrected chi connectivity index (χ1v) is 8.65. The third-order valence-electron chi connectivity index (χ3n) is 4.64. The number of carbonyl (C=O) groups excluding carboxylic acids is 2. The zero-order valence-electron chi connectivity index (χ0n) is 14.8. The molecular formula is C19H19ClN2O4. The first-order valence-electron chi connectivity index (χ1n) is 8.27. The summed E-state index contributed by atoms with van der Waals surface area (Å²) in [6, 6.07) is 7.45. The third kappa shape index (κ3) is 3.29. The molecule has 0 bridgehead atoms. The summed E-state index contributed by atoms with van der Waals surface area (Å²) in [4.78, 5) is 23.2. The summed E-state index contributed by atoms with van der Waals surface area (Å²) in [5.74, 6) is -0.842. The second-order valence-corrected chi connectivity index (χ2v) is 6.97. The van der Waals surface area contributed by atoms with Gasteiger partial charge in [0, 0.05) is 24.8 Å². The van der Waals surface area contributed by atoms with E-state index in [0.717, 1.165) is 5.56 Å². The van der Waals surface area contributed by atoms with E-state index in [0.29, 0.717) is 17.9 Å². The van der Waals surface area contributed by atoms with Gasteiger partial charge in [0.2, 0.25) is 11.8 Å². The second kappa shape index (κ2) is 7.03. The lowest BCUT2D eigenvalue weighted by Gasteiger charge is -2.39. The number of ether oxygens (including phenoxy) is 2. The van der Waals surface area contributed by atoms with Crippen molar-refractivity contribution in [2.45, 2.75) is 39.5 Å². The largest absolute Gasteiger partial charge is 0.409 e. The normalized spacial score (nSPS) is 20.9. The highest BCUT2D eigenvalue weighted by molar-refractivity contribution is 6.30. The molecule has 1 aromatic carbocycles. The molecule has 26 heavy (non-hydrogen) atoms. The van der Waals surface area contributed by atoms with Crippen LogP contribution in [-0.2, 0) is 19.1 Å². The fraction of sp³-hybridized carbons (Fsp3) is 0.368. The summed E-state index contributed by atoms with van der Waals surface area (Å²) in [7, 11) is 0. The van der Waals surface area contributed by atoms with Crippen molar-refractivity contribution in [3.63, 3.8) is 0 Å². The van der Waals surface area contributed by atoms with Crippen LogP contribution in [0.1, 0.15) is 45.1 Å². The van der Waals surface area contributed by atoms with Gasteiger partial charge in [-0.2, -0.15) is 0 Å². The molecule has 1 aliphatic carbocycles. The number of nitrogens with zero attached hydrogens (tertiary/aromatic N) is 2. The van der Waals surface area contributed by atoms with Crippen molar-refractivity contribution in [1.29, 1.82) is 0 Å². The van der Waals surface area contributed by atoms with Gasteiger partial charge in [-0.05, 0) is 37.5 Å². The van der Waals surface area contributed by atoms with Crippen molar-refractivity contribution in [3.05, 3.63) is 46.5 Å². The van der Waals surface area contributed by atoms with Crippen LogP contribution in [0.3, 0.4) is 0 Å². The molecule has 0 unspecified atom stereocenters. The van der Waals surface area contributed by atoms with Gasteiger partial charge < -0.3 is 9.47 Å². The van der Waals surface area contributed by atoms with E-state index in [1.165, 1.54) is 19.4 Å². The lowest BCUT2D eigenvalue weighted by Crippen LogP contribution is -2.46. The summed E-state index contributed by atoms with van der Waals surface area (Å²) in [5.41, 5.74) is 1.22. The monoisotopic (exact) mass is 374 g/mol. The maximum atomic E-state index is 11.6. The Kier molecular flexibility index (Phi) is 4.96. The molecule has 0 aromatic heterocycles. The van der Waals surface area contributed by atoms with Crippen LogP contribution in [0.4, 0.5) is 0 Å². The van der Waals surface area contributed by atoms with E-state index in [2.05, 4.69) is 10.2 Å². The summed E-state index contributed by atoms with van der Waals surface area (Å²) in [5, 5.41) is 8.69. The average molecular weight is 375 g/mol. The number of allylic oxidation sites excluding steroid dienone is 2. The van der Waals surface area contributed by atoms with Crippen LogP contribution in [0.25, 0.3) is 0 Å². The van der Waals surface area contributed by atoms with Gasteiger partial charge in [-0.3, -0.25) is 9.59 Å². The predicted molar refractivity (Wildman–Crippen MR) is 98.0 cm³/mol. The standard InChI is InChI=1S/C19H19ClN2O4/c1-11-8-9-19(16(10-11)14-4-6-15(20)7-5-14)17(25-12(2)23)21-22-18(19)26-13(3)24/h4-8,16H,9-10H2,1-3H3/t16-/m1/s1. The van der Waals surface area contributed by atoms with Gasteiger partial charge in [0.25, 0.3) is 0 Å². The van der Waals surface area contributed by atoms with Crippen molar-refractivity contribution in [2.75, 3.05) is 0 Å². The van der Waals surface area contributed by atoms with E-state index in [9.17, 15) is 9.59 Å². The minimum atomic E-state index is -0.940. The summed E-state index contributed by atoms with van der Waals surface area (Å²) >= 11 is 6.03. The van der Waals surface area contributed by atoms with Crippen LogP contribution in [-0.4, -0.2) is 23.7 Å². The first kappa shape index (κ1) is 18.3. The van der Waals surface area contributed by atoms with Crippen LogP contribution in [0.2, 0.25) is 5.02 Å². The van der Waals surface area contributed by atoms with Gasteiger partial charge in [0.15, 0.2) is 0 Å². The van der Waals surface area contributed by atoms with Gasteiger partial charge in [-0.15, -0.1) is 10.2 Å². The second-order valence-electron chi connectivity index (χ2n) is 6.53. The lowest BCUT2D eigenvalue weighted by atomic mass is 9.64. The molecule has 0 N–H and O–H groups in total. The molecule has 0 saturated carbocycles. The highest BCUT2D eigenvalue weighted by Gasteiger charge is 2.56. The van der Waals surface area contributed by atoms with E-state index >= 15 is 0 Å². The Balaban J connectivity index is 2.13. The van der Waals surface area contributed by atoms with E-state index in [4.69, 9.17) is 21.1 Å². The minimum Gasteiger partial charge on any atom is -0.409 e. The Hall–Kier alpha value is -2.47. The maximum absolute atomic E-state index is 11.6. The molecule has 0 amide bonds. The fourth-order valence-electron chi connectivity index (χ4n) is 3.48. The quantitative estimate of drug-likeness (QED) is 0.549. The predicted octanol–water partition coefficient (Wildman–Crippen LogP) is 4.00. The van der Waals surface area contributed by atoms with Crippen molar-refractivity contribution >= 4 is 35.3 Å². The molecule has 7 heteroatoms. The molecule has 6 nitrogen and oxygen atoms in total. The van der Waals surface area contributed by atoms with Crippen molar-refractivity contribution in [1.82, 2.24) is 0 Å². The van der Waals surface area contributed by atoms with E-state index in [1.807, 2.05) is 25.1 Å². The smallest absolute Gasteiger partial charge is 0.309 e. The molecule has 2 aliphatic rings. The molecule has 1 aromatic rings. The highest BCUT2D eigenvalue weighted by atomic mass is 35.5. The van der Waals surface area contributed by atoms with Gasteiger partial charge >= 0.3 is 11.9 Å². The molecule has 0 saturated heterocycles. The summed E-state index contributed by atoms with van der Waals surface area (Å²) < 4.78 is 10.8. The Morgan fingerprint density at radius 3 is 2.12 bits per heavy atom. The molecule has 1 spiro atoms. The maximum Gasteiger partial charge on any atom is 0.309 e. The van der Waals surface area contributed by atoms with E-state index < -0.39 is 17.4 Å². The molecule has 1 atom stereocenters. The Bertz CT molecular complexity index is 808. The number of halogens is 1. The molecule has 1 aliphatic heterocycles. The SMILES string of the molecule is CC(=O)OC1=NN=C(OC(C)=O)C12CC=C(C)C[C@@H]2c1ccc(Cl)cc1. The molecule has 1 heterocycles. The third-order valence-corrected chi connectivity index (χ3v) is 4.89. The molecule has 136 valence electrons. The number of hydrogen-bond donors (Lipinski definition) is 0. The number of esters is 2. The van der Waals surface area contributed by atoms with Crippen LogP contribution in [0.5, 0.6) is 0 Å². The minimum absolute atomic E-state index is 0.157. The van der Waals surface area contributed by atoms with Crippen molar-refractivity contribution in [3.8, 4) is 0 Å². The van der Waals surface area contributed by atoms with Gasteiger partial charge in [0.05, 0.1) is 0 Å². The Labute approximate surface area is 156 Å². The fourth-order valence-corrected chi connectivity index (χ4v) is 3.61. The molecular weight excluding hydrogens is 356 g/mol. The Morgan fingerprint density at radius 1 is 1.08 bits per heavy atom. The van der Waals surface area contributed by atoms with Crippen LogP contribution >= 0.6 is 11.6 Å². The van der Waals surface area contributed by atoms with Crippen molar-refractivity contribution in [2.24, 2.45) is 15.6 Å². The molecule has 0 fully saturated rings. The first-order chi connectivity index (χ1) is 12.3. The molecule has 3 rings (SSSR count). The average Bonchev–Trinajstić information content (AvgIpc) is 2.88. The summed E-state index contributed by atoms with van der Waals surface area (Å²) in [6.45, 7) is 4.65. The van der Waals surface area contributed by atoms with Crippen LogP contribution < -0.4 is 0 Å². The van der Waals surface area contributed by atoms with E-state index in [-0.39, 0.29) is 17.7 Å². The van der Waals surface area contributed by atoms with Gasteiger partial charge in [0.1, 0.15) is 5.41 Å². The van der Waals surface area contributed by atoms with Crippen LogP contribution in [0, 0.1) is 5.41 Å². The number of carbonyl (C=O) groups is 2. The highest BCUT2D eigenvalue weighted by Crippen LogP contribution is 2.51. The zero-order chi connectivity index (χ0) is 18.9. The van der Waals surface area contributed by atoms with Gasteiger partial charge in [-0.1, -0.05) is 35.4 Å². The van der Waals surface area contributed by atoms with Crippen LogP contribution in [0.15, 0.2) is 46.1 Å². The zero-order valence-corrected chi connectivity index (χ0v) is 15.5. The Morgan fingerprint density at radius 2 is 1.62 bits per heavy atom. The number of rotatable bonds is 1. The van der Waals surface area contributed by atoms with E-state index in [1.54, 1.807) is 12.1 Å². The number of hydrogen-bond acceptors (Lipinski definition) is 6. The van der Waals surface area contributed by atoms with Gasteiger partial charge in [-0.25, -0.2) is 0 Å².